The van der Waals surface area contributed by atoms with Gasteiger partial charge >= 0.3 is 144 Å². The van der Waals surface area contributed by atoms with Crippen molar-refractivity contribution >= 4 is 69.6 Å². The van der Waals surface area contributed by atoms with Gasteiger partial charge < -0.3 is 23.7 Å². The number of carbonyl (C=O) groups is 1. The van der Waals surface area contributed by atoms with Gasteiger partial charge in [-0.25, -0.2) is 26.6 Å². The number of para-hydroxylation sites is 2. The van der Waals surface area contributed by atoms with Gasteiger partial charge in [0, 0.05) is 60.1 Å². The molecule has 13 nitrogen and oxygen atoms in total. The Morgan fingerprint density at radius 2 is 0.912 bits per heavy atom. The minimum atomic E-state index is -4.21. The Balaban J connectivity index is 0.000000242. The number of aromatic carboxylic acids is 1. The van der Waals surface area contributed by atoms with E-state index in [0.29, 0.717) is 11.5 Å². The third kappa shape index (κ3) is 16.8. The zero-order chi connectivity index (χ0) is 45.8. The number of carboxylic acids is 1. The molecule has 0 atom stereocenters. The number of pyridine rings is 3. The molecule has 0 saturated carbocycles. The van der Waals surface area contributed by atoms with Crippen molar-refractivity contribution in [3.63, 3.8) is 0 Å². The quantitative estimate of drug-likeness (QED) is 0.0763. The van der Waals surface area contributed by atoms with E-state index < -0.39 is 37.7 Å². The van der Waals surface area contributed by atoms with Crippen molar-refractivity contribution in [1.29, 1.82) is 0 Å². The SMILES string of the molecule is O=C(O)c1ccccn1.O=S(=O)([O-])CCCOc1c[c-]c(-c2nc3ccccc3c3ccccc23)cc1.O=S(=O)([O-])CCCOc1c[c-]c(-c2nc3ccccc3c3ccccc23)cc1.[Cs+].[Cs+].[Ir]. The maximum Gasteiger partial charge on any atom is 1.00 e. The van der Waals surface area contributed by atoms with Crippen molar-refractivity contribution in [2.75, 3.05) is 24.7 Å². The summed E-state index contributed by atoms with van der Waals surface area (Å²) in [4.78, 5) is 23.4. The van der Waals surface area contributed by atoms with Crippen molar-refractivity contribution in [3.8, 4) is 34.0 Å². The largest absolute Gasteiger partial charge is 1.00 e. The third-order valence-corrected chi connectivity index (χ3v) is 11.4. The molecule has 68 heavy (non-hydrogen) atoms. The average molecular weight is 1360 g/mol. The molecule has 0 unspecified atom stereocenters. The number of benzene rings is 6. The van der Waals surface area contributed by atoms with Gasteiger partial charge in [0.15, 0.2) is 0 Å². The Kier molecular flexibility index (Phi) is 23.8. The molecule has 1 N–H and O–H groups in total. The van der Waals surface area contributed by atoms with Crippen LogP contribution in [-0.4, -0.2) is 76.7 Å². The molecule has 0 aliphatic rings. The fourth-order valence-corrected chi connectivity index (χ4v) is 7.80. The summed E-state index contributed by atoms with van der Waals surface area (Å²) in [6.07, 6.45) is 1.76. The summed E-state index contributed by atoms with van der Waals surface area (Å²) >= 11 is 0. The summed E-state index contributed by atoms with van der Waals surface area (Å²) in [5.74, 6) is -0.714. The molecule has 0 aliphatic carbocycles. The van der Waals surface area contributed by atoms with E-state index in [1.54, 1.807) is 36.4 Å². The molecular weight excluding hydrogens is 1320 g/mol. The number of ether oxygens (including phenoxy) is 2. The first-order valence-electron chi connectivity index (χ1n) is 20.2. The molecule has 6 aromatic carbocycles. The Morgan fingerprint density at radius 1 is 0.529 bits per heavy atom. The normalized spacial score (nSPS) is 10.9. The Labute approximate surface area is 525 Å². The van der Waals surface area contributed by atoms with E-state index in [9.17, 15) is 30.7 Å². The predicted molar refractivity (Wildman–Crippen MR) is 248 cm³/mol. The number of carboxylic acid groups (broad SMARTS) is 1. The smallest absolute Gasteiger partial charge is 0.748 e. The van der Waals surface area contributed by atoms with Gasteiger partial charge in [0.25, 0.3) is 0 Å². The van der Waals surface area contributed by atoms with E-state index in [1.807, 2.05) is 84.9 Å². The minimum Gasteiger partial charge on any atom is -0.748 e. The van der Waals surface area contributed by atoms with Crippen LogP contribution in [0.3, 0.4) is 0 Å². The fourth-order valence-electron chi connectivity index (χ4n) is 6.85. The molecule has 0 spiro atoms. The van der Waals surface area contributed by atoms with Crippen LogP contribution in [0.2, 0.25) is 0 Å². The van der Waals surface area contributed by atoms with Crippen LogP contribution in [0.1, 0.15) is 23.3 Å². The maximum absolute atomic E-state index is 10.6. The van der Waals surface area contributed by atoms with Gasteiger partial charge in [-0.05, 0) is 70.0 Å². The minimum absolute atomic E-state index is 0. The van der Waals surface area contributed by atoms with Gasteiger partial charge in [-0.15, -0.1) is 59.7 Å². The van der Waals surface area contributed by atoms with Gasteiger partial charge in [0.05, 0.1) is 44.5 Å². The summed E-state index contributed by atoms with van der Waals surface area (Å²) in [5, 5.41) is 14.9. The van der Waals surface area contributed by atoms with Gasteiger partial charge in [-0.1, -0.05) is 91.0 Å². The van der Waals surface area contributed by atoms with Gasteiger partial charge in [0.2, 0.25) is 0 Å². The summed E-state index contributed by atoms with van der Waals surface area (Å²) in [6.45, 7) is 0.317. The molecule has 18 heteroatoms. The number of nitrogens with zero attached hydrogens (tertiary/aromatic N) is 3. The van der Waals surface area contributed by atoms with Crippen LogP contribution < -0.4 is 147 Å². The number of fused-ring (bicyclic) bond motifs is 6. The van der Waals surface area contributed by atoms with Gasteiger partial charge in [0.1, 0.15) is 5.69 Å². The first-order chi connectivity index (χ1) is 31.3. The third-order valence-electron chi connectivity index (χ3n) is 9.79. The van der Waals surface area contributed by atoms with E-state index in [2.05, 4.69) is 41.4 Å². The number of rotatable bonds is 13. The van der Waals surface area contributed by atoms with Crippen LogP contribution >= 0.6 is 0 Å². The first kappa shape index (κ1) is 58.0. The molecule has 0 fully saturated rings. The summed E-state index contributed by atoms with van der Waals surface area (Å²) in [5.41, 5.74) is 5.30. The second-order valence-electron chi connectivity index (χ2n) is 14.4. The van der Waals surface area contributed by atoms with Gasteiger partial charge in [-0.2, -0.15) is 0 Å². The molecule has 0 bridgehead atoms. The second-order valence-corrected chi connectivity index (χ2v) is 17.4. The van der Waals surface area contributed by atoms with Crippen LogP contribution in [0.4, 0.5) is 0 Å². The van der Waals surface area contributed by atoms with Crippen molar-refractivity contribution in [2.45, 2.75) is 12.8 Å². The molecule has 9 aromatic rings. The van der Waals surface area contributed by atoms with E-state index in [-0.39, 0.29) is 190 Å². The Bertz CT molecular complexity index is 3120. The van der Waals surface area contributed by atoms with E-state index in [0.717, 1.165) is 65.9 Å². The molecule has 9 rings (SSSR count). The van der Waals surface area contributed by atoms with E-state index in [4.69, 9.17) is 24.5 Å². The van der Waals surface area contributed by atoms with Crippen LogP contribution in [-0.2, 0) is 40.3 Å². The summed E-state index contributed by atoms with van der Waals surface area (Å²) < 4.78 is 74.7. The fraction of sp³-hybridized carbons (Fsp3) is 0.120. The van der Waals surface area contributed by atoms with Crippen LogP contribution in [0.15, 0.2) is 158 Å². The summed E-state index contributed by atoms with van der Waals surface area (Å²) in [7, 11) is -8.41. The van der Waals surface area contributed by atoms with E-state index in [1.165, 1.54) is 12.3 Å². The Morgan fingerprint density at radius 3 is 1.25 bits per heavy atom. The second kappa shape index (κ2) is 27.9. The van der Waals surface area contributed by atoms with Crippen molar-refractivity contribution < 1.29 is 203 Å². The van der Waals surface area contributed by atoms with Crippen molar-refractivity contribution in [3.05, 3.63) is 176 Å². The molecule has 0 aliphatic heterocycles. The van der Waals surface area contributed by atoms with E-state index >= 15 is 0 Å². The van der Waals surface area contributed by atoms with Crippen molar-refractivity contribution in [1.82, 2.24) is 15.0 Å². The summed E-state index contributed by atoms with van der Waals surface area (Å²) in [6, 6.07) is 54.3. The number of aromatic nitrogens is 3. The predicted octanol–water partition coefficient (Wildman–Crippen LogP) is 3.12. The van der Waals surface area contributed by atoms with Crippen LogP contribution in [0, 0.1) is 12.1 Å². The van der Waals surface area contributed by atoms with Gasteiger partial charge in [-0.3, -0.25) is 9.97 Å². The molecule has 0 amide bonds. The molecule has 3 heterocycles. The standard InChI is InChI=1S/2C22H18NO4S.C6H5NO2.2Cs.Ir/c2*24-28(25,26)15-5-14-27-17-12-10-16(11-13-17)22-20-8-2-1-6-18(20)19-7-3-4-9-21(19)23-22;8-6(9)5-3-1-2-4-7-5;;;/h2*1-4,6-10,12-13H,5,14-15H2,(H,24,25,26);1-4H,(H,8,9);;;/q2*-1;;2*+1;/p-2. The number of hydrogen-bond acceptors (Lipinski definition) is 12. The molecule has 0 saturated heterocycles. The zero-order valence-corrected chi connectivity index (χ0v) is 53.5. The van der Waals surface area contributed by atoms with Crippen molar-refractivity contribution in [2.24, 2.45) is 0 Å². The number of hydrogen-bond donors (Lipinski definition) is 1. The monoisotopic (exact) mass is 1360 g/mol. The molecule has 339 valence electrons. The first-order valence-corrected chi connectivity index (χ1v) is 23.3. The molecule has 1 radical (unpaired) electrons. The maximum atomic E-state index is 10.6. The Hall–Kier alpha value is -2.55. The molecule has 3 aromatic heterocycles. The average Bonchev–Trinajstić information content (AvgIpc) is 3.32. The van der Waals surface area contributed by atoms with Crippen LogP contribution in [0.25, 0.3) is 65.9 Å². The zero-order valence-electron chi connectivity index (χ0n) is 36.9. The van der Waals surface area contributed by atoms with Crippen LogP contribution in [0.5, 0.6) is 11.5 Å². The topological polar surface area (TPSA) is 209 Å². The molecular formula is C50H39Cs2IrN3O10S2-2.